The molecule has 8 nitrogen and oxygen atoms in total. The maximum atomic E-state index is 13.1. The number of anilines is 2. The number of nitrogens with two attached hydrogens (primary N) is 1. The molecule has 178 valence electrons. The zero-order valence-corrected chi connectivity index (χ0v) is 19.6. The summed E-state index contributed by atoms with van der Waals surface area (Å²) in [6.07, 6.45) is 0. The maximum Gasteiger partial charge on any atom is 0.337 e. The third-order valence-corrected chi connectivity index (χ3v) is 5.95. The Bertz CT molecular complexity index is 1330. The number of hydrogen-bond acceptors (Lipinski definition) is 6. The molecule has 0 aliphatic carbocycles. The summed E-state index contributed by atoms with van der Waals surface area (Å²) < 4.78 is 4.79. The second kappa shape index (κ2) is 9.44. The Kier molecular flexibility index (Phi) is 6.40. The molecule has 0 fully saturated rings. The molecule has 0 spiro atoms. The summed E-state index contributed by atoms with van der Waals surface area (Å²) in [6, 6.07) is 21.6. The Morgan fingerprint density at radius 3 is 2.29 bits per heavy atom. The van der Waals surface area contributed by atoms with Crippen molar-refractivity contribution >= 4 is 40.4 Å². The van der Waals surface area contributed by atoms with Gasteiger partial charge in [-0.2, -0.15) is 0 Å². The molecule has 0 aromatic heterocycles. The van der Waals surface area contributed by atoms with Gasteiger partial charge < -0.3 is 26.4 Å². The number of fused-ring (bicyclic) bond motifs is 1. The lowest BCUT2D eigenvalue weighted by molar-refractivity contribution is -0.125. The Labute approximate surface area is 203 Å². The average molecular weight is 471 g/mol. The lowest BCUT2D eigenvalue weighted by atomic mass is 9.92. The maximum absolute atomic E-state index is 13.1. The predicted octanol–water partition coefficient (Wildman–Crippen LogP) is 3.33. The van der Waals surface area contributed by atoms with Gasteiger partial charge in [0, 0.05) is 18.3 Å². The number of esters is 1. The van der Waals surface area contributed by atoms with Crippen LogP contribution in [0.2, 0.25) is 0 Å². The first-order chi connectivity index (χ1) is 16.8. The highest BCUT2D eigenvalue weighted by atomic mass is 16.5. The van der Waals surface area contributed by atoms with Crippen molar-refractivity contribution in [2.24, 2.45) is 5.73 Å². The minimum atomic E-state index is -1.18. The molecule has 0 saturated heterocycles. The van der Waals surface area contributed by atoms with E-state index in [9.17, 15) is 14.4 Å². The van der Waals surface area contributed by atoms with Crippen molar-refractivity contribution in [2.75, 3.05) is 24.8 Å². The Balaban J connectivity index is 1.77. The largest absolute Gasteiger partial charge is 0.465 e. The summed E-state index contributed by atoms with van der Waals surface area (Å²) in [5, 5.41) is 8.79. The fraction of sp³-hybridized carbons (Fsp3) is 0.148. The summed E-state index contributed by atoms with van der Waals surface area (Å²) >= 11 is 0. The molecule has 1 heterocycles. The fourth-order valence-electron chi connectivity index (χ4n) is 3.98. The topological polar surface area (TPSA) is 123 Å². The highest BCUT2D eigenvalue weighted by Crippen LogP contribution is 2.38. The van der Waals surface area contributed by atoms with E-state index in [1.165, 1.54) is 7.11 Å². The van der Waals surface area contributed by atoms with Crippen LogP contribution in [0.1, 0.15) is 34.0 Å². The third-order valence-electron chi connectivity index (χ3n) is 5.95. The number of carbonyl (C=O) groups is 3. The molecule has 1 aliphatic heterocycles. The number of ether oxygens (including phenoxy) is 1. The zero-order chi connectivity index (χ0) is 25.2. The van der Waals surface area contributed by atoms with E-state index >= 15 is 0 Å². The van der Waals surface area contributed by atoms with Crippen LogP contribution in [0.25, 0.3) is 11.3 Å². The quantitative estimate of drug-likeness (QED) is 0.324. The van der Waals surface area contributed by atoms with Gasteiger partial charge in [0.05, 0.1) is 29.6 Å². The Hall–Kier alpha value is -4.43. The van der Waals surface area contributed by atoms with Gasteiger partial charge in [0.25, 0.3) is 5.91 Å². The zero-order valence-electron chi connectivity index (χ0n) is 19.6. The van der Waals surface area contributed by atoms with Crippen molar-refractivity contribution in [2.45, 2.75) is 12.5 Å². The minimum absolute atomic E-state index is 0.292. The van der Waals surface area contributed by atoms with Gasteiger partial charge in [0.1, 0.15) is 5.54 Å². The highest BCUT2D eigenvalue weighted by Gasteiger charge is 2.31. The van der Waals surface area contributed by atoms with Gasteiger partial charge in [0.2, 0.25) is 5.91 Å². The van der Waals surface area contributed by atoms with E-state index in [0.717, 1.165) is 5.56 Å². The van der Waals surface area contributed by atoms with E-state index in [2.05, 4.69) is 16.0 Å². The van der Waals surface area contributed by atoms with Crippen LogP contribution >= 0.6 is 0 Å². The van der Waals surface area contributed by atoms with Crippen molar-refractivity contribution in [3.05, 3.63) is 95.1 Å². The molecule has 3 aromatic rings. The van der Waals surface area contributed by atoms with E-state index in [1.807, 2.05) is 30.3 Å². The lowest BCUT2D eigenvalue weighted by Crippen LogP contribution is -2.47. The normalized spacial score (nSPS) is 15.4. The van der Waals surface area contributed by atoms with Crippen LogP contribution < -0.4 is 21.7 Å². The molecule has 0 radical (unpaired) electrons. The summed E-state index contributed by atoms with van der Waals surface area (Å²) in [6.45, 7) is 1.65. The van der Waals surface area contributed by atoms with Crippen LogP contribution in [-0.4, -0.2) is 31.9 Å². The number of hydrogen-bond donors (Lipinski definition) is 4. The highest BCUT2D eigenvalue weighted by molar-refractivity contribution is 6.37. The second-order valence-electron chi connectivity index (χ2n) is 8.31. The average Bonchev–Trinajstić information content (AvgIpc) is 3.21. The summed E-state index contributed by atoms with van der Waals surface area (Å²) in [4.78, 5) is 37.2. The number of carbonyl (C=O) groups excluding carboxylic acids is 3. The van der Waals surface area contributed by atoms with Crippen LogP contribution in [0.5, 0.6) is 0 Å². The van der Waals surface area contributed by atoms with Crippen molar-refractivity contribution < 1.29 is 19.1 Å². The molecule has 1 unspecified atom stereocenters. The first-order valence-corrected chi connectivity index (χ1v) is 11.0. The van der Waals surface area contributed by atoms with E-state index in [-0.39, 0.29) is 11.8 Å². The smallest absolute Gasteiger partial charge is 0.337 e. The molecule has 3 aromatic carbocycles. The van der Waals surface area contributed by atoms with Crippen LogP contribution in [0.3, 0.4) is 0 Å². The van der Waals surface area contributed by atoms with Crippen LogP contribution in [0.15, 0.2) is 72.8 Å². The van der Waals surface area contributed by atoms with E-state index < -0.39 is 11.5 Å². The van der Waals surface area contributed by atoms with E-state index in [1.54, 1.807) is 56.4 Å². The molecule has 0 saturated carbocycles. The summed E-state index contributed by atoms with van der Waals surface area (Å²) in [5.74, 6) is -1.07. The molecule has 8 heteroatoms. The number of amides is 2. The van der Waals surface area contributed by atoms with Gasteiger partial charge in [0.15, 0.2) is 0 Å². The first-order valence-electron chi connectivity index (χ1n) is 11.0. The van der Waals surface area contributed by atoms with Gasteiger partial charge in [-0.15, -0.1) is 0 Å². The number of likely N-dealkylation sites (N-methyl/N-ethyl adjacent to an activating group) is 1. The Morgan fingerprint density at radius 2 is 1.66 bits per heavy atom. The second-order valence-corrected chi connectivity index (χ2v) is 8.31. The van der Waals surface area contributed by atoms with Crippen molar-refractivity contribution in [3.8, 4) is 0 Å². The fourth-order valence-corrected chi connectivity index (χ4v) is 3.98. The van der Waals surface area contributed by atoms with Gasteiger partial charge in [-0.05, 0) is 42.3 Å². The van der Waals surface area contributed by atoms with Crippen LogP contribution in [-0.2, 0) is 19.9 Å². The SMILES string of the molecule is CNC(=O)C(C)(N)c1ccc(NC(=C2C(=O)Nc3cc(C(=O)OC)ccc32)c2ccccc2)cc1. The molecular formula is C27H26N4O4. The predicted molar refractivity (Wildman–Crippen MR) is 135 cm³/mol. The molecule has 1 aliphatic rings. The van der Waals surface area contributed by atoms with Gasteiger partial charge in [-0.3, -0.25) is 9.59 Å². The summed E-state index contributed by atoms with van der Waals surface area (Å²) in [5.41, 5.74) is 9.79. The van der Waals surface area contributed by atoms with Gasteiger partial charge >= 0.3 is 5.97 Å². The monoisotopic (exact) mass is 470 g/mol. The van der Waals surface area contributed by atoms with Crippen LogP contribution in [0.4, 0.5) is 11.4 Å². The lowest BCUT2D eigenvalue weighted by Gasteiger charge is -2.23. The Morgan fingerprint density at radius 1 is 0.971 bits per heavy atom. The molecular weight excluding hydrogens is 444 g/mol. The molecule has 35 heavy (non-hydrogen) atoms. The van der Waals surface area contributed by atoms with Crippen LogP contribution in [0, 0.1) is 0 Å². The standard InChI is InChI=1S/C27H26N4O4/c1-27(28,26(34)29-2)18-10-12-19(13-11-18)30-23(16-7-5-4-6-8-16)22-20-14-9-17(25(33)35-3)15-21(20)31-24(22)32/h4-15,30H,28H2,1-3H3,(H,29,34)(H,31,32). The van der Waals surface area contributed by atoms with Gasteiger partial charge in [-0.1, -0.05) is 48.5 Å². The van der Waals surface area contributed by atoms with E-state index in [0.29, 0.717) is 39.3 Å². The number of benzene rings is 3. The molecule has 1 atom stereocenters. The molecule has 5 N–H and O–H groups in total. The first kappa shape index (κ1) is 23.7. The number of nitrogens with one attached hydrogen (secondary N) is 3. The molecule has 2 amide bonds. The number of methoxy groups -OCH3 is 1. The number of rotatable bonds is 6. The van der Waals surface area contributed by atoms with Gasteiger partial charge in [-0.25, -0.2) is 4.79 Å². The molecule has 0 bridgehead atoms. The van der Waals surface area contributed by atoms with E-state index in [4.69, 9.17) is 10.5 Å². The summed E-state index contributed by atoms with van der Waals surface area (Å²) in [7, 11) is 2.85. The van der Waals surface area contributed by atoms with Crippen molar-refractivity contribution in [1.82, 2.24) is 5.32 Å². The molecule has 4 rings (SSSR count). The third kappa shape index (κ3) is 4.51. The van der Waals surface area contributed by atoms with Crippen molar-refractivity contribution in [3.63, 3.8) is 0 Å². The van der Waals surface area contributed by atoms with Crippen molar-refractivity contribution in [1.29, 1.82) is 0 Å². The minimum Gasteiger partial charge on any atom is -0.465 e.